The molecule has 1 aromatic heterocycles. The van der Waals surface area contributed by atoms with Gasteiger partial charge in [0.15, 0.2) is 0 Å². The number of halogens is 3. The van der Waals surface area contributed by atoms with Crippen molar-refractivity contribution >= 4 is 72.2 Å². The van der Waals surface area contributed by atoms with Crippen molar-refractivity contribution in [3.63, 3.8) is 0 Å². The molecule has 1 amide bonds. The number of nitrogens with zero attached hydrogens (tertiary/aromatic N) is 1. The van der Waals surface area contributed by atoms with Crippen molar-refractivity contribution < 1.29 is 13.2 Å². The van der Waals surface area contributed by atoms with E-state index in [-0.39, 0.29) is 11.7 Å². The third-order valence-corrected chi connectivity index (χ3v) is 7.63. The van der Waals surface area contributed by atoms with Gasteiger partial charge in [0.05, 0.1) is 15.8 Å². The molecule has 0 bridgehead atoms. The first-order valence-corrected chi connectivity index (χ1v) is 11.0. The molecule has 0 aliphatic carbocycles. The summed E-state index contributed by atoms with van der Waals surface area (Å²) in [6.45, 7) is 2.26. The van der Waals surface area contributed by atoms with Crippen LogP contribution in [0.25, 0.3) is 10.1 Å². The van der Waals surface area contributed by atoms with E-state index in [1.807, 2.05) is 0 Å². The van der Waals surface area contributed by atoms with Crippen LogP contribution in [0.3, 0.4) is 0 Å². The molecule has 0 unspecified atom stereocenters. The molecule has 0 radical (unpaired) electrons. The van der Waals surface area contributed by atoms with Gasteiger partial charge in [-0.15, -0.1) is 11.3 Å². The van der Waals surface area contributed by atoms with Gasteiger partial charge in [0.1, 0.15) is 4.88 Å². The topological polar surface area (TPSA) is 66.5 Å². The molecule has 0 atom stereocenters. The SMILES string of the molecule is CCS(=O)(=O)N(C)CCCNC(=O)c1sc2cc(Cl)cc(Cl)c2c1Cl. The molecule has 0 aliphatic rings. The predicted molar refractivity (Wildman–Crippen MR) is 106 cm³/mol. The van der Waals surface area contributed by atoms with Crippen molar-refractivity contribution in [1.29, 1.82) is 0 Å². The molecule has 1 aromatic carbocycles. The molecule has 2 aromatic rings. The lowest BCUT2D eigenvalue weighted by atomic mass is 10.2. The maximum absolute atomic E-state index is 12.3. The lowest BCUT2D eigenvalue weighted by molar-refractivity contribution is 0.0957. The standard InChI is InChI=1S/C15H17Cl3N2O3S2/c1-3-25(22,23)20(2)6-4-5-19-15(21)14-13(18)12-10(17)7-9(16)8-11(12)24-14/h7-8H,3-6H2,1-2H3,(H,19,21). The van der Waals surface area contributed by atoms with E-state index in [4.69, 9.17) is 34.8 Å². The number of hydrogen-bond donors (Lipinski definition) is 1. The fourth-order valence-corrected chi connectivity index (χ4v) is 5.34. The largest absolute Gasteiger partial charge is 0.351 e. The molecule has 0 spiro atoms. The zero-order valence-electron chi connectivity index (χ0n) is 13.6. The van der Waals surface area contributed by atoms with Gasteiger partial charge in [-0.05, 0) is 25.5 Å². The van der Waals surface area contributed by atoms with Crippen LogP contribution in [0.5, 0.6) is 0 Å². The van der Waals surface area contributed by atoms with Crippen LogP contribution in [0.1, 0.15) is 23.0 Å². The van der Waals surface area contributed by atoms with Crippen molar-refractivity contribution in [3.8, 4) is 0 Å². The number of amides is 1. The monoisotopic (exact) mass is 442 g/mol. The molecule has 0 saturated heterocycles. The average molecular weight is 444 g/mol. The summed E-state index contributed by atoms with van der Waals surface area (Å²) in [5.74, 6) is -0.268. The van der Waals surface area contributed by atoms with Crippen molar-refractivity contribution in [2.45, 2.75) is 13.3 Å². The van der Waals surface area contributed by atoms with Crippen LogP contribution in [-0.2, 0) is 10.0 Å². The second kappa shape index (κ2) is 8.41. The van der Waals surface area contributed by atoms with E-state index in [0.29, 0.717) is 44.8 Å². The van der Waals surface area contributed by atoms with E-state index in [1.165, 1.54) is 22.7 Å². The highest BCUT2D eigenvalue weighted by molar-refractivity contribution is 7.89. The molecule has 0 fully saturated rings. The fourth-order valence-electron chi connectivity index (χ4n) is 2.20. The van der Waals surface area contributed by atoms with Crippen molar-refractivity contribution in [3.05, 3.63) is 32.1 Å². The maximum Gasteiger partial charge on any atom is 0.262 e. The minimum atomic E-state index is -3.21. The molecule has 2 rings (SSSR count). The molecule has 25 heavy (non-hydrogen) atoms. The van der Waals surface area contributed by atoms with Gasteiger partial charge >= 0.3 is 0 Å². The van der Waals surface area contributed by atoms with Crippen LogP contribution < -0.4 is 5.32 Å². The van der Waals surface area contributed by atoms with Crippen LogP contribution in [0, 0.1) is 0 Å². The smallest absolute Gasteiger partial charge is 0.262 e. The summed E-state index contributed by atoms with van der Waals surface area (Å²) in [5.41, 5.74) is 0. The minimum absolute atomic E-state index is 0.0522. The second-order valence-corrected chi connectivity index (χ2v) is 9.98. The predicted octanol–water partition coefficient (Wildman–Crippen LogP) is 4.26. The van der Waals surface area contributed by atoms with E-state index in [0.717, 1.165) is 4.70 Å². The first-order chi connectivity index (χ1) is 11.7. The first-order valence-electron chi connectivity index (χ1n) is 7.46. The van der Waals surface area contributed by atoms with E-state index in [9.17, 15) is 13.2 Å². The normalized spacial score (nSPS) is 12.1. The summed E-state index contributed by atoms with van der Waals surface area (Å²) in [7, 11) is -1.69. The molecule has 1 N–H and O–H groups in total. The highest BCUT2D eigenvalue weighted by atomic mass is 35.5. The third kappa shape index (κ3) is 4.78. The molecular formula is C15H17Cl3N2O3S2. The Balaban J connectivity index is 2.01. The Kier molecular flexibility index (Phi) is 6.98. The summed E-state index contributed by atoms with van der Waals surface area (Å²) < 4.78 is 25.3. The number of carbonyl (C=O) groups is 1. The summed E-state index contributed by atoms with van der Waals surface area (Å²) >= 11 is 19.6. The number of rotatable bonds is 7. The van der Waals surface area contributed by atoms with Gasteiger partial charge in [-0.25, -0.2) is 12.7 Å². The number of thiophene rings is 1. The Labute approximate surface area is 165 Å². The van der Waals surface area contributed by atoms with Gasteiger partial charge in [0, 0.05) is 35.2 Å². The Morgan fingerprint density at radius 3 is 2.60 bits per heavy atom. The van der Waals surface area contributed by atoms with Crippen LogP contribution >= 0.6 is 46.1 Å². The van der Waals surface area contributed by atoms with Crippen LogP contribution in [0.4, 0.5) is 0 Å². The molecule has 1 heterocycles. The maximum atomic E-state index is 12.3. The Morgan fingerprint density at radius 1 is 1.28 bits per heavy atom. The summed E-state index contributed by atoms with van der Waals surface area (Å²) in [5, 5.41) is 4.53. The van der Waals surface area contributed by atoms with Gasteiger partial charge in [-0.1, -0.05) is 34.8 Å². The number of hydrogen-bond acceptors (Lipinski definition) is 4. The van der Waals surface area contributed by atoms with Crippen LogP contribution in [0.2, 0.25) is 15.1 Å². The lowest BCUT2D eigenvalue weighted by Gasteiger charge is -2.15. The lowest BCUT2D eigenvalue weighted by Crippen LogP contribution is -2.32. The fraction of sp³-hybridized carbons (Fsp3) is 0.400. The van der Waals surface area contributed by atoms with Gasteiger partial charge in [0.25, 0.3) is 5.91 Å². The van der Waals surface area contributed by atoms with Gasteiger partial charge in [-0.3, -0.25) is 4.79 Å². The first kappa shape index (κ1) is 20.7. The Bertz CT molecular complexity index is 897. The van der Waals surface area contributed by atoms with E-state index in [2.05, 4.69) is 5.32 Å². The second-order valence-electron chi connectivity index (χ2n) is 5.34. The molecule has 138 valence electrons. The van der Waals surface area contributed by atoms with E-state index < -0.39 is 10.0 Å². The van der Waals surface area contributed by atoms with Gasteiger partial charge in [0.2, 0.25) is 10.0 Å². The van der Waals surface area contributed by atoms with Crippen molar-refractivity contribution in [2.75, 3.05) is 25.9 Å². The highest BCUT2D eigenvalue weighted by Gasteiger charge is 2.20. The number of carbonyl (C=O) groups excluding carboxylic acids is 1. The Hall–Kier alpha value is -0.570. The van der Waals surface area contributed by atoms with Crippen molar-refractivity contribution in [2.24, 2.45) is 0 Å². The molecular weight excluding hydrogens is 427 g/mol. The van der Waals surface area contributed by atoms with Crippen LogP contribution in [0.15, 0.2) is 12.1 Å². The van der Waals surface area contributed by atoms with Crippen molar-refractivity contribution in [1.82, 2.24) is 9.62 Å². The number of benzene rings is 1. The molecule has 0 aliphatic heterocycles. The van der Waals surface area contributed by atoms with E-state index >= 15 is 0 Å². The van der Waals surface area contributed by atoms with Crippen LogP contribution in [-0.4, -0.2) is 44.5 Å². The third-order valence-electron chi connectivity index (χ3n) is 3.63. The number of sulfonamides is 1. The summed E-state index contributed by atoms with van der Waals surface area (Å²) in [4.78, 5) is 12.7. The zero-order chi connectivity index (χ0) is 18.8. The van der Waals surface area contributed by atoms with E-state index in [1.54, 1.807) is 19.1 Å². The van der Waals surface area contributed by atoms with Gasteiger partial charge < -0.3 is 5.32 Å². The molecule has 0 saturated carbocycles. The average Bonchev–Trinajstić information content (AvgIpc) is 2.87. The Morgan fingerprint density at radius 2 is 1.96 bits per heavy atom. The molecule has 10 heteroatoms. The molecule has 5 nitrogen and oxygen atoms in total. The highest BCUT2D eigenvalue weighted by Crippen LogP contribution is 2.41. The van der Waals surface area contributed by atoms with Gasteiger partial charge in [-0.2, -0.15) is 0 Å². The number of nitrogens with one attached hydrogen (secondary N) is 1. The summed E-state index contributed by atoms with van der Waals surface area (Å²) in [6.07, 6.45) is 0.497. The zero-order valence-corrected chi connectivity index (χ0v) is 17.5. The minimum Gasteiger partial charge on any atom is -0.351 e. The quantitative estimate of drug-likeness (QED) is 0.650. The summed E-state index contributed by atoms with van der Waals surface area (Å²) in [6, 6.07) is 3.29. The number of fused-ring (bicyclic) bond motifs is 1.